The first kappa shape index (κ1) is 14.5. The summed E-state index contributed by atoms with van der Waals surface area (Å²) in [5.74, 6) is 0.165. The van der Waals surface area contributed by atoms with Gasteiger partial charge in [0.25, 0.3) is 0 Å². The third kappa shape index (κ3) is 3.34. The van der Waals surface area contributed by atoms with Gasteiger partial charge in [0.1, 0.15) is 11.5 Å². The molecule has 20 heavy (non-hydrogen) atoms. The molecule has 7 heteroatoms. The van der Waals surface area contributed by atoms with Gasteiger partial charge in [-0.05, 0) is 24.3 Å². The first-order valence-corrected chi connectivity index (χ1v) is 7.90. The van der Waals surface area contributed by atoms with E-state index < -0.39 is 9.84 Å². The molecule has 0 saturated carbocycles. The second-order valence-electron chi connectivity index (χ2n) is 4.10. The average molecular weight is 310 g/mol. The maximum absolute atomic E-state index is 11.3. The average Bonchev–Trinajstić information content (AvgIpc) is 2.40. The number of aromatic nitrogens is 1. The molecule has 1 heterocycles. The molecule has 0 fully saturated rings. The van der Waals surface area contributed by atoms with Gasteiger partial charge >= 0.3 is 0 Å². The summed E-state index contributed by atoms with van der Waals surface area (Å²) >= 11 is 5.98. The molecule has 0 saturated heterocycles. The zero-order valence-electron chi connectivity index (χ0n) is 10.6. The maximum Gasteiger partial charge on any atom is 0.177 e. The minimum Gasteiger partial charge on any atom is -0.382 e. The Labute approximate surface area is 122 Å². The van der Waals surface area contributed by atoms with Crippen LogP contribution in [0.4, 0.5) is 5.69 Å². The first-order chi connectivity index (χ1) is 9.38. The number of hydrogen-bond acceptors (Lipinski definition) is 4. The number of rotatable bonds is 3. The van der Waals surface area contributed by atoms with E-state index in [0.29, 0.717) is 16.4 Å². The van der Waals surface area contributed by atoms with Gasteiger partial charge in [-0.15, -0.1) is 0 Å². The van der Waals surface area contributed by atoms with E-state index in [4.69, 9.17) is 17.3 Å². The molecule has 0 spiro atoms. The van der Waals surface area contributed by atoms with Crippen molar-refractivity contribution in [2.75, 3.05) is 6.26 Å². The first-order valence-electron chi connectivity index (χ1n) is 5.63. The van der Waals surface area contributed by atoms with Crippen LogP contribution in [0.5, 0.6) is 0 Å². The highest BCUT2D eigenvalue weighted by molar-refractivity contribution is 7.90. The Balaban J connectivity index is 2.35. The zero-order valence-corrected chi connectivity index (χ0v) is 12.2. The van der Waals surface area contributed by atoms with Crippen molar-refractivity contribution in [1.29, 1.82) is 0 Å². The molecule has 0 atom stereocenters. The summed E-state index contributed by atoms with van der Waals surface area (Å²) in [6.07, 6.45) is 2.37. The molecular formula is C13H12ClN3O2S. The van der Waals surface area contributed by atoms with Crippen LogP contribution in [-0.4, -0.2) is 25.5 Å². The second kappa shape index (κ2) is 5.60. The van der Waals surface area contributed by atoms with Gasteiger partial charge in [-0.25, -0.2) is 13.4 Å². The van der Waals surface area contributed by atoms with Crippen molar-refractivity contribution < 1.29 is 8.42 Å². The van der Waals surface area contributed by atoms with Crippen LogP contribution in [0.2, 0.25) is 5.02 Å². The van der Waals surface area contributed by atoms with Gasteiger partial charge in [-0.1, -0.05) is 23.7 Å². The largest absolute Gasteiger partial charge is 0.382 e. The molecule has 0 aliphatic heterocycles. The number of sulfone groups is 1. The van der Waals surface area contributed by atoms with E-state index in [9.17, 15) is 8.42 Å². The van der Waals surface area contributed by atoms with Gasteiger partial charge in [-0.3, -0.25) is 4.98 Å². The van der Waals surface area contributed by atoms with Crippen LogP contribution in [0.1, 0.15) is 5.69 Å². The molecule has 0 radical (unpaired) electrons. The number of para-hydroxylation sites is 1. The summed E-state index contributed by atoms with van der Waals surface area (Å²) in [4.78, 5) is 8.30. The normalized spacial score (nSPS) is 12.4. The van der Waals surface area contributed by atoms with E-state index in [1.807, 2.05) is 0 Å². The van der Waals surface area contributed by atoms with Crippen LogP contribution in [0.3, 0.4) is 0 Å². The van der Waals surface area contributed by atoms with E-state index in [1.54, 1.807) is 24.3 Å². The minimum atomic E-state index is -3.28. The summed E-state index contributed by atoms with van der Waals surface area (Å²) in [6.45, 7) is 0. The SMILES string of the molecule is CS(=O)(=O)c1ccc(C(N)=Nc2ccccc2Cl)nc1. The number of nitrogens with two attached hydrogens (primary N) is 1. The molecule has 0 aliphatic carbocycles. The van der Waals surface area contributed by atoms with Crippen LogP contribution in [-0.2, 0) is 9.84 Å². The molecule has 1 aromatic heterocycles. The Morgan fingerprint density at radius 2 is 1.95 bits per heavy atom. The van der Waals surface area contributed by atoms with Gasteiger partial charge in [0.05, 0.1) is 15.6 Å². The second-order valence-corrected chi connectivity index (χ2v) is 6.52. The van der Waals surface area contributed by atoms with Crippen molar-refractivity contribution in [3.63, 3.8) is 0 Å². The lowest BCUT2D eigenvalue weighted by Crippen LogP contribution is -2.15. The molecule has 0 unspecified atom stereocenters. The molecular weight excluding hydrogens is 298 g/mol. The van der Waals surface area contributed by atoms with Gasteiger partial charge in [0, 0.05) is 12.5 Å². The number of hydrogen-bond donors (Lipinski definition) is 1. The van der Waals surface area contributed by atoms with Crippen LogP contribution in [0.15, 0.2) is 52.5 Å². The molecule has 104 valence electrons. The third-order valence-corrected chi connectivity index (χ3v) is 3.94. The summed E-state index contributed by atoms with van der Waals surface area (Å²) in [7, 11) is -3.28. The van der Waals surface area contributed by atoms with Gasteiger partial charge in [0.15, 0.2) is 9.84 Å². The number of halogens is 1. The van der Waals surface area contributed by atoms with E-state index in [1.165, 1.54) is 18.3 Å². The van der Waals surface area contributed by atoms with E-state index in [2.05, 4.69) is 9.98 Å². The molecule has 2 rings (SSSR count). The third-order valence-electron chi connectivity index (χ3n) is 2.52. The molecule has 1 aromatic carbocycles. The predicted octanol–water partition coefficient (Wildman–Crippen LogP) is 2.18. The standard InChI is InChI=1S/C13H12ClN3O2S/c1-20(18,19)9-6-7-12(16-8-9)13(15)17-11-5-3-2-4-10(11)14/h2-8H,1H3,(H2,15,17). The van der Waals surface area contributed by atoms with Crippen molar-refractivity contribution in [2.45, 2.75) is 4.90 Å². The Morgan fingerprint density at radius 1 is 1.25 bits per heavy atom. The van der Waals surface area contributed by atoms with Gasteiger partial charge in [0.2, 0.25) is 0 Å². The molecule has 5 nitrogen and oxygen atoms in total. The van der Waals surface area contributed by atoms with E-state index in [0.717, 1.165) is 6.26 Å². The van der Waals surface area contributed by atoms with E-state index >= 15 is 0 Å². The zero-order chi connectivity index (χ0) is 14.8. The van der Waals surface area contributed by atoms with Crippen LogP contribution in [0, 0.1) is 0 Å². The number of aliphatic imine (C=N–C) groups is 1. The summed E-state index contributed by atoms with van der Waals surface area (Å²) in [5.41, 5.74) is 6.75. The Morgan fingerprint density at radius 3 is 2.50 bits per heavy atom. The topological polar surface area (TPSA) is 85.4 Å². The van der Waals surface area contributed by atoms with Gasteiger partial charge in [-0.2, -0.15) is 0 Å². The van der Waals surface area contributed by atoms with Crippen molar-refractivity contribution in [2.24, 2.45) is 10.7 Å². The highest BCUT2D eigenvalue weighted by Crippen LogP contribution is 2.24. The number of nitrogens with zero attached hydrogens (tertiary/aromatic N) is 2. The minimum absolute atomic E-state index is 0.131. The summed E-state index contributed by atoms with van der Waals surface area (Å²) in [6, 6.07) is 9.95. The van der Waals surface area contributed by atoms with Crippen molar-refractivity contribution in [3.05, 3.63) is 53.3 Å². The monoisotopic (exact) mass is 309 g/mol. The fourth-order valence-electron chi connectivity index (χ4n) is 1.48. The Kier molecular flexibility index (Phi) is 4.06. The van der Waals surface area contributed by atoms with Crippen LogP contribution in [0.25, 0.3) is 0 Å². The lowest BCUT2D eigenvalue weighted by atomic mass is 10.3. The van der Waals surface area contributed by atoms with Crippen LogP contribution >= 0.6 is 11.6 Å². The number of amidine groups is 1. The van der Waals surface area contributed by atoms with Crippen molar-refractivity contribution >= 4 is 33.0 Å². The molecule has 2 N–H and O–H groups in total. The van der Waals surface area contributed by atoms with E-state index in [-0.39, 0.29) is 10.7 Å². The fourth-order valence-corrected chi connectivity index (χ4v) is 2.22. The lowest BCUT2D eigenvalue weighted by Gasteiger charge is -2.03. The van der Waals surface area contributed by atoms with Crippen molar-refractivity contribution in [3.8, 4) is 0 Å². The Bertz CT molecular complexity index is 755. The lowest BCUT2D eigenvalue weighted by molar-refractivity contribution is 0.601. The fraction of sp³-hybridized carbons (Fsp3) is 0.0769. The smallest absolute Gasteiger partial charge is 0.177 e. The van der Waals surface area contributed by atoms with Crippen molar-refractivity contribution in [1.82, 2.24) is 4.98 Å². The molecule has 0 amide bonds. The van der Waals surface area contributed by atoms with Crippen LogP contribution < -0.4 is 5.73 Å². The number of benzene rings is 1. The highest BCUT2D eigenvalue weighted by Gasteiger charge is 2.09. The molecule has 2 aromatic rings. The number of pyridine rings is 1. The Hall–Kier alpha value is -1.92. The summed E-state index contributed by atoms with van der Waals surface area (Å²) in [5, 5.41) is 0.475. The van der Waals surface area contributed by atoms with Gasteiger partial charge < -0.3 is 5.73 Å². The predicted molar refractivity (Wildman–Crippen MR) is 79.2 cm³/mol. The quantitative estimate of drug-likeness (QED) is 0.695. The molecule has 0 aliphatic rings. The highest BCUT2D eigenvalue weighted by atomic mass is 35.5. The molecule has 0 bridgehead atoms. The maximum atomic E-state index is 11.3. The summed E-state index contributed by atoms with van der Waals surface area (Å²) < 4.78 is 22.7.